The van der Waals surface area contributed by atoms with Crippen molar-refractivity contribution in [1.82, 2.24) is 0 Å². The lowest BCUT2D eigenvalue weighted by atomic mass is 9.74. The van der Waals surface area contributed by atoms with Gasteiger partial charge in [0.1, 0.15) is 11.5 Å². The lowest BCUT2D eigenvalue weighted by Crippen LogP contribution is -2.37. The Labute approximate surface area is 206 Å². The van der Waals surface area contributed by atoms with Crippen molar-refractivity contribution in [2.45, 2.75) is 98.8 Å². The van der Waals surface area contributed by atoms with Gasteiger partial charge in [0.15, 0.2) is 11.6 Å². The van der Waals surface area contributed by atoms with Crippen molar-refractivity contribution in [1.29, 1.82) is 0 Å². The van der Waals surface area contributed by atoms with E-state index in [1.165, 1.54) is 0 Å². The molecule has 0 aromatic rings. The molecule has 6 heteroatoms. The average Bonchev–Trinajstić information content (AvgIpc) is 2.80. The number of aliphatic hydroxyl groups is 1. The fraction of sp³-hybridized carbons (Fsp3) is 0.786. The van der Waals surface area contributed by atoms with Crippen LogP contribution in [0.5, 0.6) is 0 Å². The summed E-state index contributed by atoms with van der Waals surface area (Å²) in [5.74, 6) is 2.02. The van der Waals surface area contributed by atoms with Crippen LogP contribution in [0.2, 0.25) is 0 Å². The normalized spacial score (nSPS) is 23.0. The van der Waals surface area contributed by atoms with Crippen molar-refractivity contribution in [3.63, 3.8) is 0 Å². The standard InChI is InChI=1S/C28H46O6/c1-21-23(12-14-27(3,4)25(21)30)33-18-10-7-11-19-34-24-13-15-28(5,26(31)22(24)2)20-32-17-9-6-8-16-29/h29H,6-20H2,1-5H3. The summed E-state index contributed by atoms with van der Waals surface area (Å²) in [6.07, 6.45) is 8.65. The molecule has 0 aromatic carbocycles. The Hall–Kier alpha value is -1.66. The largest absolute Gasteiger partial charge is 0.498 e. The molecule has 194 valence electrons. The third-order valence-corrected chi connectivity index (χ3v) is 7.27. The van der Waals surface area contributed by atoms with Crippen molar-refractivity contribution >= 4 is 11.6 Å². The molecule has 1 unspecified atom stereocenters. The highest BCUT2D eigenvalue weighted by Crippen LogP contribution is 2.37. The van der Waals surface area contributed by atoms with Gasteiger partial charge >= 0.3 is 0 Å². The number of carbonyl (C=O) groups excluding carboxylic acids is 2. The van der Waals surface area contributed by atoms with E-state index in [0.29, 0.717) is 26.4 Å². The number of ether oxygens (including phenoxy) is 3. The molecule has 6 nitrogen and oxygen atoms in total. The number of Topliss-reactive ketones (excluding diaryl/α,β-unsaturated/α-hetero) is 2. The monoisotopic (exact) mass is 478 g/mol. The lowest BCUT2D eigenvalue weighted by Gasteiger charge is -2.33. The topological polar surface area (TPSA) is 82.1 Å². The van der Waals surface area contributed by atoms with Crippen LogP contribution in [0.25, 0.3) is 0 Å². The second-order valence-corrected chi connectivity index (χ2v) is 10.8. The maximum absolute atomic E-state index is 12.9. The fourth-order valence-electron chi connectivity index (χ4n) is 4.69. The van der Waals surface area contributed by atoms with Crippen LogP contribution in [-0.4, -0.2) is 49.7 Å². The zero-order chi connectivity index (χ0) is 25.2. The molecule has 0 spiro atoms. The molecule has 2 rings (SSSR count). The number of carbonyl (C=O) groups is 2. The number of unbranched alkanes of at least 4 members (excludes halogenated alkanes) is 4. The van der Waals surface area contributed by atoms with Gasteiger partial charge in [-0.1, -0.05) is 20.8 Å². The zero-order valence-corrected chi connectivity index (χ0v) is 22.1. The van der Waals surface area contributed by atoms with Crippen LogP contribution >= 0.6 is 0 Å². The molecule has 0 saturated carbocycles. The minimum Gasteiger partial charge on any atom is -0.498 e. The number of hydrogen-bond donors (Lipinski definition) is 1. The highest BCUT2D eigenvalue weighted by atomic mass is 16.5. The molecular weight excluding hydrogens is 432 g/mol. The Kier molecular flexibility index (Phi) is 11.3. The summed E-state index contributed by atoms with van der Waals surface area (Å²) < 4.78 is 17.7. The van der Waals surface area contributed by atoms with E-state index in [1.807, 2.05) is 34.6 Å². The highest BCUT2D eigenvalue weighted by molar-refractivity contribution is 6.00. The van der Waals surface area contributed by atoms with Crippen molar-refractivity contribution in [2.24, 2.45) is 10.8 Å². The number of ketones is 2. The third kappa shape index (κ3) is 7.94. The lowest BCUT2D eigenvalue weighted by molar-refractivity contribution is -0.129. The van der Waals surface area contributed by atoms with E-state index in [9.17, 15) is 9.59 Å². The summed E-state index contributed by atoms with van der Waals surface area (Å²) in [6.45, 7) is 12.3. The van der Waals surface area contributed by atoms with Crippen LogP contribution in [0.4, 0.5) is 0 Å². The molecule has 1 atom stereocenters. The van der Waals surface area contributed by atoms with Crippen LogP contribution in [0, 0.1) is 10.8 Å². The number of allylic oxidation sites excluding steroid dienone is 4. The number of hydrogen-bond acceptors (Lipinski definition) is 6. The molecule has 0 fully saturated rings. The first-order valence-electron chi connectivity index (χ1n) is 13.1. The SMILES string of the molecule is CC1=C(OCCCCCOC2=C(C)C(=O)C(C)(COCCCCCO)CC2)CCC(C)(C)C1=O. The molecule has 2 aliphatic rings. The van der Waals surface area contributed by atoms with Crippen molar-refractivity contribution in [3.8, 4) is 0 Å². The summed E-state index contributed by atoms with van der Waals surface area (Å²) in [5, 5.41) is 8.83. The molecule has 0 saturated heterocycles. The Bertz CT molecular complexity index is 763. The number of rotatable bonds is 15. The van der Waals surface area contributed by atoms with Crippen molar-refractivity contribution in [3.05, 3.63) is 22.7 Å². The summed E-state index contributed by atoms with van der Waals surface area (Å²) in [4.78, 5) is 25.3. The van der Waals surface area contributed by atoms with E-state index in [0.717, 1.165) is 86.9 Å². The molecule has 0 amide bonds. The maximum Gasteiger partial charge on any atom is 0.170 e. The predicted molar refractivity (Wildman–Crippen MR) is 133 cm³/mol. The van der Waals surface area contributed by atoms with Gasteiger partial charge in [-0.3, -0.25) is 9.59 Å². The van der Waals surface area contributed by atoms with Crippen LogP contribution < -0.4 is 0 Å². The van der Waals surface area contributed by atoms with Crippen molar-refractivity contribution < 1.29 is 28.9 Å². The van der Waals surface area contributed by atoms with Crippen LogP contribution in [-0.2, 0) is 23.8 Å². The van der Waals surface area contributed by atoms with E-state index in [4.69, 9.17) is 19.3 Å². The van der Waals surface area contributed by atoms with Gasteiger partial charge in [0, 0.05) is 42.6 Å². The Balaban J connectivity index is 1.65. The van der Waals surface area contributed by atoms with Gasteiger partial charge < -0.3 is 19.3 Å². The van der Waals surface area contributed by atoms with E-state index < -0.39 is 5.41 Å². The van der Waals surface area contributed by atoms with E-state index in [-0.39, 0.29) is 23.6 Å². The van der Waals surface area contributed by atoms with Crippen LogP contribution in [0.1, 0.15) is 98.8 Å². The van der Waals surface area contributed by atoms with E-state index >= 15 is 0 Å². The second-order valence-electron chi connectivity index (χ2n) is 10.8. The predicted octanol–water partition coefficient (Wildman–Crippen LogP) is 5.68. The first kappa shape index (κ1) is 28.6. The van der Waals surface area contributed by atoms with Crippen LogP contribution in [0.3, 0.4) is 0 Å². The Morgan fingerprint density at radius 2 is 1.26 bits per heavy atom. The van der Waals surface area contributed by atoms with Crippen molar-refractivity contribution in [2.75, 3.05) is 33.0 Å². The summed E-state index contributed by atoms with van der Waals surface area (Å²) >= 11 is 0. The summed E-state index contributed by atoms with van der Waals surface area (Å²) in [5.41, 5.74) is 0.761. The first-order chi connectivity index (χ1) is 16.1. The first-order valence-corrected chi connectivity index (χ1v) is 13.1. The molecule has 2 aliphatic carbocycles. The quantitative estimate of drug-likeness (QED) is 0.305. The van der Waals surface area contributed by atoms with Gasteiger partial charge in [0.05, 0.1) is 25.2 Å². The summed E-state index contributed by atoms with van der Waals surface area (Å²) in [7, 11) is 0. The van der Waals surface area contributed by atoms with Gasteiger partial charge in [0.2, 0.25) is 0 Å². The molecule has 34 heavy (non-hydrogen) atoms. The molecule has 1 N–H and O–H groups in total. The maximum atomic E-state index is 12.9. The second kappa shape index (κ2) is 13.4. The molecule has 0 heterocycles. The van der Waals surface area contributed by atoms with Gasteiger partial charge in [-0.15, -0.1) is 0 Å². The van der Waals surface area contributed by atoms with Crippen LogP contribution in [0.15, 0.2) is 22.7 Å². The Morgan fingerprint density at radius 3 is 1.88 bits per heavy atom. The molecule has 0 bridgehead atoms. The minimum absolute atomic E-state index is 0.131. The molecule has 0 aromatic heterocycles. The average molecular weight is 479 g/mol. The van der Waals surface area contributed by atoms with E-state index in [2.05, 4.69) is 0 Å². The number of aliphatic hydroxyl groups excluding tert-OH is 1. The van der Waals surface area contributed by atoms with E-state index in [1.54, 1.807) is 0 Å². The fourth-order valence-corrected chi connectivity index (χ4v) is 4.69. The summed E-state index contributed by atoms with van der Waals surface area (Å²) in [6, 6.07) is 0. The minimum atomic E-state index is -0.478. The smallest absolute Gasteiger partial charge is 0.170 e. The highest BCUT2D eigenvalue weighted by Gasteiger charge is 2.39. The zero-order valence-electron chi connectivity index (χ0n) is 22.1. The van der Waals surface area contributed by atoms with Gasteiger partial charge in [-0.2, -0.15) is 0 Å². The van der Waals surface area contributed by atoms with Gasteiger partial charge in [-0.05, 0) is 65.2 Å². The van der Waals surface area contributed by atoms with Gasteiger partial charge in [0.25, 0.3) is 0 Å². The molecular formula is C28H46O6. The molecule has 0 radical (unpaired) electrons. The van der Waals surface area contributed by atoms with Gasteiger partial charge in [-0.25, -0.2) is 0 Å². The Morgan fingerprint density at radius 1 is 0.735 bits per heavy atom. The molecule has 0 aliphatic heterocycles. The third-order valence-electron chi connectivity index (χ3n) is 7.27.